The Hall–Kier alpha value is -1.84. The second-order valence-electron chi connectivity index (χ2n) is 6.35. The van der Waals surface area contributed by atoms with Crippen molar-refractivity contribution in [3.05, 3.63) is 84.7 Å². The van der Waals surface area contributed by atoms with Gasteiger partial charge in [-0.25, -0.2) is 0 Å². The van der Waals surface area contributed by atoms with Crippen molar-refractivity contribution in [1.82, 2.24) is 5.43 Å². The molecule has 166 valence electrons. The number of methoxy groups -OCH3 is 1. The van der Waals surface area contributed by atoms with Crippen LogP contribution in [0.3, 0.4) is 0 Å². The normalized spacial score (nSPS) is 10.8. The SMILES string of the molecule is COc1cc(/C=N/NC(=S)Nc2ccccc2)c(Br)c(Br)c1OCc1ccc(Cl)c(Cl)c1. The topological polar surface area (TPSA) is 54.9 Å². The molecule has 0 spiro atoms. The molecule has 0 heterocycles. The number of rotatable bonds is 7. The van der Waals surface area contributed by atoms with Crippen LogP contribution in [0.15, 0.2) is 68.6 Å². The van der Waals surface area contributed by atoms with Crippen LogP contribution in [-0.2, 0) is 6.61 Å². The summed E-state index contributed by atoms with van der Waals surface area (Å²) in [4.78, 5) is 0. The van der Waals surface area contributed by atoms with Gasteiger partial charge in [0.25, 0.3) is 0 Å². The Morgan fingerprint density at radius 1 is 1.06 bits per heavy atom. The van der Waals surface area contributed by atoms with E-state index in [9.17, 15) is 0 Å². The highest BCUT2D eigenvalue weighted by Crippen LogP contribution is 2.42. The van der Waals surface area contributed by atoms with E-state index in [4.69, 9.17) is 44.9 Å². The molecule has 3 aromatic rings. The van der Waals surface area contributed by atoms with Gasteiger partial charge in [-0.3, -0.25) is 5.43 Å². The maximum absolute atomic E-state index is 6.08. The first-order valence-corrected chi connectivity index (χ1v) is 11.9. The summed E-state index contributed by atoms with van der Waals surface area (Å²) in [6.45, 7) is 0.284. The largest absolute Gasteiger partial charge is 0.493 e. The summed E-state index contributed by atoms with van der Waals surface area (Å²) >= 11 is 24.5. The van der Waals surface area contributed by atoms with Crippen molar-refractivity contribution in [2.75, 3.05) is 12.4 Å². The monoisotopic (exact) mass is 615 g/mol. The van der Waals surface area contributed by atoms with Gasteiger partial charge in [-0.1, -0.05) is 47.5 Å². The average molecular weight is 618 g/mol. The molecule has 0 unspecified atom stereocenters. The van der Waals surface area contributed by atoms with E-state index in [0.717, 1.165) is 21.3 Å². The molecule has 0 atom stereocenters. The predicted molar refractivity (Wildman–Crippen MR) is 143 cm³/mol. The Morgan fingerprint density at radius 2 is 1.81 bits per heavy atom. The number of nitrogens with zero attached hydrogens (tertiary/aromatic N) is 1. The third-order valence-electron chi connectivity index (χ3n) is 4.14. The van der Waals surface area contributed by atoms with Gasteiger partial charge in [-0.15, -0.1) is 0 Å². The standard InChI is InChI=1S/C22H17Br2Cl2N3O2S/c1-30-18-10-14(11-27-29-22(32)28-15-5-3-2-4-6-15)19(23)20(24)21(18)31-12-13-7-8-16(25)17(26)9-13/h2-11H,12H2,1H3,(H2,28,29,32)/b27-11+. The number of thiocarbonyl (C=S) groups is 1. The van der Waals surface area contributed by atoms with Crippen LogP contribution in [0, 0.1) is 0 Å². The Bertz CT molecular complexity index is 1150. The van der Waals surface area contributed by atoms with Crippen LogP contribution in [-0.4, -0.2) is 18.4 Å². The van der Waals surface area contributed by atoms with Crippen LogP contribution in [0.4, 0.5) is 5.69 Å². The zero-order valence-electron chi connectivity index (χ0n) is 16.7. The molecule has 2 N–H and O–H groups in total. The van der Waals surface area contributed by atoms with Crippen molar-refractivity contribution in [3.8, 4) is 11.5 Å². The lowest BCUT2D eigenvalue weighted by molar-refractivity contribution is 0.282. The van der Waals surface area contributed by atoms with E-state index in [2.05, 4.69) is 47.7 Å². The highest BCUT2D eigenvalue weighted by atomic mass is 79.9. The first-order valence-electron chi connectivity index (χ1n) is 9.17. The van der Waals surface area contributed by atoms with Crippen LogP contribution >= 0.6 is 67.3 Å². The van der Waals surface area contributed by atoms with Crippen molar-refractivity contribution in [3.63, 3.8) is 0 Å². The maximum Gasteiger partial charge on any atom is 0.191 e. The third kappa shape index (κ3) is 6.59. The minimum absolute atomic E-state index is 0.284. The van der Waals surface area contributed by atoms with E-state index in [1.165, 1.54) is 0 Å². The van der Waals surface area contributed by atoms with Crippen LogP contribution in [0.5, 0.6) is 11.5 Å². The molecule has 3 aromatic carbocycles. The Labute approximate surface area is 218 Å². The lowest BCUT2D eigenvalue weighted by atomic mass is 10.2. The molecule has 0 saturated heterocycles. The molecule has 0 bridgehead atoms. The Balaban J connectivity index is 1.71. The molecule has 0 saturated carbocycles. The molecule has 0 aliphatic carbocycles. The fraction of sp³-hybridized carbons (Fsp3) is 0.0909. The number of halogens is 4. The summed E-state index contributed by atoms with van der Waals surface area (Å²) < 4.78 is 12.9. The highest BCUT2D eigenvalue weighted by Gasteiger charge is 2.17. The van der Waals surface area contributed by atoms with Crippen LogP contribution < -0.4 is 20.2 Å². The number of anilines is 1. The molecule has 0 aliphatic heterocycles. The van der Waals surface area contributed by atoms with Crippen LogP contribution in [0.2, 0.25) is 10.0 Å². The summed E-state index contributed by atoms with van der Waals surface area (Å²) in [6, 6.07) is 16.7. The van der Waals surface area contributed by atoms with E-state index in [1.807, 2.05) is 36.4 Å². The first-order chi connectivity index (χ1) is 15.4. The Morgan fingerprint density at radius 3 is 2.50 bits per heavy atom. The average Bonchev–Trinajstić information content (AvgIpc) is 2.78. The number of nitrogens with one attached hydrogen (secondary N) is 2. The summed E-state index contributed by atoms with van der Waals surface area (Å²) in [5.41, 5.74) is 5.29. The molecule has 0 radical (unpaired) electrons. The first kappa shape index (κ1) is 24.8. The van der Waals surface area contributed by atoms with E-state index >= 15 is 0 Å². The van der Waals surface area contributed by atoms with Gasteiger partial charge in [0.15, 0.2) is 16.6 Å². The lowest BCUT2D eigenvalue weighted by Crippen LogP contribution is -2.23. The molecule has 0 aromatic heterocycles. The zero-order valence-corrected chi connectivity index (χ0v) is 22.2. The van der Waals surface area contributed by atoms with Crippen molar-refractivity contribution < 1.29 is 9.47 Å². The second kappa shape index (κ2) is 11.9. The van der Waals surface area contributed by atoms with Gasteiger partial charge < -0.3 is 14.8 Å². The minimum atomic E-state index is 0.284. The Kier molecular flexibility index (Phi) is 9.19. The minimum Gasteiger partial charge on any atom is -0.493 e. The van der Waals surface area contributed by atoms with Crippen molar-refractivity contribution >= 4 is 84.3 Å². The number of hydrogen-bond acceptors (Lipinski definition) is 4. The zero-order chi connectivity index (χ0) is 23.1. The third-order valence-corrected chi connectivity index (χ3v) is 7.22. The van der Waals surface area contributed by atoms with Gasteiger partial charge in [-0.05, 0) is 80.0 Å². The summed E-state index contributed by atoms with van der Waals surface area (Å²) in [5.74, 6) is 1.07. The maximum atomic E-state index is 6.08. The van der Waals surface area contributed by atoms with Gasteiger partial charge in [0.2, 0.25) is 0 Å². The van der Waals surface area contributed by atoms with E-state index < -0.39 is 0 Å². The smallest absolute Gasteiger partial charge is 0.191 e. The fourth-order valence-corrected chi connectivity index (χ4v) is 4.04. The van der Waals surface area contributed by atoms with E-state index in [-0.39, 0.29) is 6.61 Å². The summed E-state index contributed by atoms with van der Waals surface area (Å²) in [7, 11) is 1.57. The summed E-state index contributed by atoms with van der Waals surface area (Å²) in [5, 5.41) is 8.59. The van der Waals surface area contributed by atoms with Crippen molar-refractivity contribution in [2.45, 2.75) is 6.61 Å². The van der Waals surface area contributed by atoms with Crippen LogP contribution in [0.1, 0.15) is 11.1 Å². The molecule has 10 heteroatoms. The van der Waals surface area contributed by atoms with Gasteiger partial charge in [0, 0.05) is 15.7 Å². The molecule has 0 aliphatic rings. The molecule has 0 fully saturated rings. The predicted octanol–water partition coefficient (Wildman–Crippen LogP) is 7.43. The quantitative estimate of drug-likeness (QED) is 0.164. The molecular weight excluding hydrogens is 601 g/mol. The molecule has 3 rings (SSSR count). The second-order valence-corrected chi connectivity index (χ2v) is 9.16. The number of benzene rings is 3. The van der Waals surface area contributed by atoms with Gasteiger partial charge >= 0.3 is 0 Å². The lowest BCUT2D eigenvalue weighted by Gasteiger charge is -2.15. The van der Waals surface area contributed by atoms with Crippen LogP contribution in [0.25, 0.3) is 0 Å². The number of para-hydroxylation sites is 1. The molecular formula is C22H17Br2Cl2N3O2S. The van der Waals surface area contributed by atoms with Gasteiger partial charge in [-0.2, -0.15) is 5.10 Å². The molecule has 5 nitrogen and oxygen atoms in total. The number of hydrogen-bond donors (Lipinski definition) is 2. The fourth-order valence-electron chi connectivity index (χ4n) is 2.61. The summed E-state index contributed by atoms with van der Waals surface area (Å²) in [6.07, 6.45) is 1.62. The van der Waals surface area contributed by atoms with Crippen molar-refractivity contribution in [1.29, 1.82) is 0 Å². The van der Waals surface area contributed by atoms with E-state index in [0.29, 0.717) is 31.1 Å². The molecule has 32 heavy (non-hydrogen) atoms. The van der Waals surface area contributed by atoms with E-state index in [1.54, 1.807) is 31.5 Å². The van der Waals surface area contributed by atoms with Gasteiger partial charge in [0.1, 0.15) is 6.61 Å². The molecule has 0 amide bonds. The highest BCUT2D eigenvalue weighted by molar-refractivity contribution is 9.13. The number of hydrazone groups is 1. The van der Waals surface area contributed by atoms with Gasteiger partial charge in [0.05, 0.1) is 27.8 Å². The van der Waals surface area contributed by atoms with Crippen molar-refractivity contribution in [2.24, 2.45) is 5.10 Å². The number of ether oxygens (including phenoxy) is 2.